The summed E-state index contributed by atoms with van der Waals surface area (Å²) in [5.41, 5.74) is -0.440. The third kappa shape index (κ3) is 3.31. The summed E-state index contributed by atoms with van der Waals surface area (Å²) in [7, 11) is 0. The fraction of sp³-hybridized carbons (Fsp3) is 0.500. The first-order chi connectivity index (χ1) is 12.0. The molecule has 2 aliphatic rings. The van der Waals surface area contributed by atoms with Crippen LogP contribution in [-0.4, -0.2) is 47.6 Å². The van der Waals surface area contributed by atoms with E-state index in [0.717, 1.165) is 0 Å². The number of rotatable bonds is 3. The first kappa shape index (κ1) is 17.3. The number of hydrogen-bond acceptors (Lipinski definition) is 5. The molecule has 0 bridgehead atoms. The predicted octanol–water partition coefficient (Wildman–Crippen LogP) is 1.47. The molecule has 0 radical (unpaired) electrons. The highest BCUT2D eigenvalue weighted by atomic mass is 16.5. The van der Waals surface area contributed by atoms with Gasteiger partial charge in [-0.25, -0.2) is 4.79 Å². The van der Waals surface area contributed by atoms with E-state index < -0.39 is 17.7 Å². The molecule has 1 spiro atoms. The third-order valence-corrected chi connectivity index (χ3v) is 4.69. The Morgan fingerprint density at radius 2 is 2.12 bits per heavy atom. The number of likely N-dealkylation sites (tertiary alicyclic amines) is 1. The standard InChI is InChI=1S/C18H22N2O5/c1-3-24-17(23)12(2)20-11-10-18(9-8-15(20)21)19-16(22)13-6-4-5-7-14(13)25-18/h4-7,12H,3,8-11H2,1-2H3,(H,19,22)/t12-,18+/m1/s1. The minimum Gasteiger partial charge on any atom is -0.467 e. The van der Waals surface area contributed by atoms with Crippen LogP contribution >= 0.6 is 0 Å². The molecule has 0 saturated carbocycles. The maximum Gasteiger partial charge on any atom is 0.328 e. The molecular formula is C18H22N2O5. The van der Waals surface area contributed by atoms with Gasteiger partial charge in [-0.05, 0) is 26.0 Å². The normalized spacial score (nSPS) is 24.0. The van der Waals surface area contributed by atoms with Gasteiger partial charge in [0.15, 0.2) is 5.72 Å². The summed E-state index contributed by atoms with van der Waals surface area (Å²) in [6.07, 6.45) is 0.951. The number of amides is 2. The molecule has 0 aromatic heterocycles. The van der Waals surface area contributed by atoms with Gasteiger partial charge in [0.1, 0.15) is 11.8 Å². The van der Waals surface area contributed by atoms with Gasteiger partial charge in [0.05, 0.1) is 12.2 Å². The molecule has 2 heterocycles. The van der Waals surface area contributed by atoms with Crippen molar-refractivity contribution in [2.24, 2.45) is 0 Å². The second-order valence-electron chi connectivity index (χ2n) is 6.31. The molecule has 1 N–H and O–H groups in total. The topological polar surface area (TPSA) is 84.9 Å². The molecule has 3 rings (SSSR count). The lowest BCUT2D eigenvalue weighted by Gasteiger charge is -2.38. The Hall–Kier alpha value is -2.57. The van der Waals surface area contributed by atoms with Crippen LogP contribution in [0.5, 0.6) is 5.75 Å². The average Bonchev–Trinajstić information content (AvgIpc) is 2.74. The Balaban J connectivity index is 1.78. The Bertz CT molecular complexity index is 704. The van der Waals surface area contributed by atoms with Crippen LogP contribution in [0, 0.1) is 0 Å². The van der Waals surface area contributed by atoms with E-state index in [9.17, 15) is 14.4 Å². The highest BCUT2D eigenvalue weighted by molar-refractivity contribution is 5.98. The number of para-hydroxylation sites is 1. The zero-order valence-electron chi connectivity index (χ0n) is 14.4. The minimum atomic E-state index is -0.926. The zero-order valence-corrected chi connectivity index (χ0v) is 14.4. The summed E-state index contributed by atoms with van der Waals surface area (Å²) >= 11 is 0. The molecule has 1 aromatic carbocycles. The number of fused-ring (bicyclic) bond motifs is 1. The van der Waals surface area contributed by atoms with Crippen LogP contribution in [0.25, 0.3) is 0 Å². The molecule has 25 heavy (non-hydrogen) atoms. The van der Waals surface area contributed by atoms with Gasteiger partial charge in [0, 0.05) is 25.8 Å². The number of hydrogen-bond donors (Lipinski definition) is 1. The van der Waals surface area contributed by atoms with Gasteiger partial charge in [-0.3, -0.25) is 9.59 Å². The van der Waals surface area contributed by atoms with Crippen LogP contribution < -0.4 is 10.1 Å². The molecule has 2 atom stereocenters. The van der Waals surface area contributed by atoms with E-state index in [0.29, 0.717) is 30.7 Å². The fourth-order valence-electron chi connectivity index (χ4n) is 3.28. The van der Waals surface area contributed by atoms with Crippen molar-refractivity contribution in [3.63, 3.8) is 0 Å². The Labute approximate surface area is 146 Å². The number of esters is 1. The molecule has 2 aliphatic heterocycles. The minimum absolute atomic E-state index is 0.144. The van der Waals surface area contributed by atoms with Crippen LogP contribution in [0.3, 0.4) is 0 Å². The Morgan fingerprint density at radius 3 is 2.88 bits per heavy atom. The molecule has 1 saturated heterocycles. The summed E-state index contributed by atoms with van der Waals surface area (Å²) in [5.74, 6) is -0.258. The largest absolute Gasteiger partial charge is 0.467 e. The molecule has 1 aromatic rings. The number of carbonyl (C=O) groups is 3. The quantitative estimate of drug-likeness (QED) is 0.838. The number of benzene rings is 1. The van der Waals surface area contributed by atoms with E-state index in [2.05, 4.69) is 5.32 Å². The summed E-state index contributed by atoms with van der Waals surface area (Å²) in [6.45, 7) is 3.96. The number of ether oxygens (including phenoxy) is 2. The number of nitrogens with one attached hydrogen (secondary N) is 1. The first-order valence-corrected chi connectivity index (χ1v) is 8.52. The fourth-order valence-corrected chi connectivity index (χ4v) is 3.28. The van der Waals surface area contributed by atoms with Crippen molar-refractivity contribution in [2.45, 2.75) is 44.9 Å². The lowest BCUT2D eigenvalue weighted by molar-refractivity contribution is -0.153. The highest BCUT2D eigenvalue weighted by Crippen LogP contribution is 2.34. The molecule has 1 fully saturated rings. The Kier molecular flexibility index (Phi) is 4.65. The first-order valence-electron chi connectivity index (χ1n) is 8.52. The summed E-state index contributed by atoms with van der Waals surface area (Å²) in [5, 5.41) is 2.91. The van der Waals surface area contributed by atoms with E-state index in [4.69, 9.17) is 9.47 Å². The smallest absolute Gasteiger partial charge is 0.328 e. The molecule has 2 amide bonds. The predicted molar refractivity (Wildman–Crippen MR) is 88.9 cm³/mol. The van der Waals surface area contributed by atoms with Crippen LogP contribution in [0.15, 0.2) is 24.3 Å². The van der Waals surface area contributed by atoms with E-state index in [1.165, 1.54) is 4.90 Å². The van der Waals surface area contributed by atoms with Gasteiger partial charge >= 0.3 is 5.97 Å². The van der Waals surface area contributed by atoms with Crippen molar-refractivity contribution >= 4 is 17.8 Å². The second-order valence-corrected chi connectivity index (χ2v) is 6.31. The van der Waals surface area contributed by atoms with E-state index in [-0.39, 0.29) is 24.8 Å². The van der Waals surface area contributed by atoms with Crippen LogP contribution in [0.1, 0.15) is 43.5 Å². The Morgan fingerprint density at radius 1 is 1.36 bits per heavy atom. The molecule has 134 valence electrons. The van der Waals surface area contributed by atoms with Crippen LogP contribution in [-0.2, 0) is 14.3 Å². The van der Waals surface area contributed by atoms with Crippen molar-refractivity contribution < 1.29 is 23.9 Å². The second kappa shape index (κ2) is 6.74. The maximum atomic E-state index is 12.5. The zero-order chi connectivity index (χ0) is 18.0. The van der Waals surface area contributed by atoms with Gasteiger partial charge < -0.3 is 19.7 Å². The van der Waals surface area contributed by atoms with Crippen molar-refractivity contribution in [3.8, 4) is 5.75 Å². The van der Waals surface area contributed by atoms with Gasteiger partial charge in [-0.2, -0.15) is 0 Å². The lowest BCUT2D eigenvalue weighted by atomic mass is 10.0. The van der Waals surface area contributed by atoms with Crippen molar-refractivity contribution in [2.75, 3.05) is 13.2 Å². The van der Waals surface area contributed by atoms with Crippen LogP contribution in [0.4, 0.5) is 0 Å². The van der Waals surface area contributed by atoms with E-state index >= 15 is 0 Å². The summed E-state index contributed by atoms with van der Waals surface area (Å²) < 4.78 is 11.1. The summed E-state index contributed by atoms with van der Waals surface area (Å²) in [4.78, 5) is 38.3. The lowest BCUT2D eigenvalue weighted by Crippen LogP contribution is -2.56. The van der Waals surface area contributed by atoms with Crippen molar-refractivity contribution in [1.82, 2.24) is 10.2 Å². The van der Waals surface area contributed by atoms with Gasteiger partial charge in [-0.15, -0.1) is 0 Å². The molecular weight excluding hydrogens is 324 g/mol. The molecule has 7 heteroatoms. The summed E-state index contributed by atoms with van der Waals surface area (Å²) in [6, 6.07) is 6.38. The maximum absolute atomic E-state index is 12.5. The highest BCUT2D eigenvalue weighted by Gasteiger charge is 2.43. The molecule has 0 unspecified atom stereocenters. The van der Waals surface area contributed by atoms with Gasteiger partial charge in [-0.1, -0.05) is 12.1 Å². The van der Waals surface area contributed by atoms with Crippen molar-refractivity contribution in [1.29, 1.82) is 0 Å². The molecule has 7 nitrogen and oxygen atoms in total. The average molecular weight is 346 g/mol. The number of carbonyl (C=O) groups excluding carboxylic acids is 3. The third-order valence-electron chi connectivity index (χ3n) is 4.69. The molecule has 0 aliphatic carbocycles. The number of nitrogens with zero attached hydrogens (tertiary/aromatic N) is 1. The van der Waals surface area contributed by atoms with E-state index in [1.54, 1.807) is 32.0 Å². The van der Waals surface area contributed by atoms with Crippen molar-refractivity contribution in [3.05, 3.63) is 29.8 Å². The van der Waals surface area contributed by atoms with Gasteiger partial charge in [0.25, 0.3) is 5.91 Å². The van der Waals surface area contributed by atoms with Crippen LogP contribution in [0.2, 0.25) is 0 Å². The van der Waals surface area contributed by atoms with Gasteiger partial charge in [0.2, 0.25) is 5.91 Å². The monoisotopic (exact) mass is 346 g/mol. The van der Waals surface area contributed by atoms with E-state index in [1.807, 2.05) is 6.07 Å². The SMILES string of the molecule is CCOC(=O)[C@@H](C)N1CC[C@@]2(CCC1=O)NC(=O)c1ccccc1O2.